The van der Waals surface area contributed by atoms with E-state index >= 15 is 0 Å². The van der Waals surface area contributed by atoms with Crippen molar-refractivity contribution in [1.29, 1.82) is 0 Å². The monoisotopic (exact) mass is 269 g/mol. The highest BCUT2D eigenvalue weighted by Crippen LogP contribution is 2.18. The van der Waals surface area contributed by atoms with E-state index < -0.39 is 0 Å². The second kappa shape index (κ2) is 6.64. The lowest BCUT2D eigenvalue weighted by molar-refractivity contribution is 0.305. The van der Waals surface area contributed by atoms with Crippen molar-refractivity contribution in [3.8, 4) is 0 Å². The molecule has 20 heavy (non-hydrogen) atoms. The van der Waals surface area contributed by atoms with Gasteiger partial charge in [-0.25, -0.2) is 0 Å². The molecule has 0 saturated heterocycles. The van der Waals surface area contributed by atoms with E-state index in [-0.39, 0.29) is 6.04 Å². The van der Waals surface area contributed by atoms with E-state index in [0.717, 1.165) is 13.1 Å². The second-order valence-electron chi connectivity index (χ2n) is 5.52. The molecule has 1 aromatic carbocycles. The number of aryl methyl sites for hydroxylation is 2. The summed E-state index contributed by atoms with van der Waals surface area (Å²) in [6, 6.07) is 10.6. The van der Waals surface area contributed by atoms with Crippen LogP contribution >= 0.6 is 0 Å². The van der Waals surface area contributed by atoms with Crippen molar-refractivity contribution in [3.63, 3.8) is 0 Å². The van der Waals surface area contributed by atoms with Crippen molar-refractivity contribution in [1.82, 2.24) is 9.88 Å². The molecule has 1 heterocycles. The maximum atomic E-state index is 6.37. The molecule has 0 spiro atoms. The minimum atomic E-state index is 0.0433. The van der Waals surface area contributed by atoms with Crippen molar-refractivity contribution in [2.24, 2.45) is 5.73 Å². The number of nitrogens with two attached hydrogens (primary N) is 1. The van der Waals surface area contributed by atoms with Crippen molar-refractivity contribution in [2.45, 2.75) is 26.4 Å². The molecular weight excluding hydrogens is 246 g/mol. The summed E-state index contributed by atoms with van der Waals surface area (Å²) >= 11 is 0. The predicted octanol–water partition coefficient (Wildman–Crippen LogP) is 2.83. The van der Waals surface area contributed by atoms with Crippen LogP contribution in [0.1, 0.15) is 28.3 Å². The first-order valence-corrected chi connectivity index (χ1v) is 6.96. The van der Waals surface area contributed by atoms with Gasteiger partial charge < -0.3 is 10.6 Å². The molecule has 2 rings (SSSR count). The molecule has 0 aliphatic rings. The number of pyridine rings is 1. The molecule has 1 aromatic heterocycles. The van der Waals surface area contributed by atoms with Crippen LogP contribution in [0.15, 0.2) is 42.7 Å². The summed E-state index contributed by atoms with van der Waals surface area (Å²) in [5.41, 5.74) is 11.4. The van der Waals surface area contributed by atoms with Crippen molar-refractivity contribution in [2.75, 3.05) is 13.6 Å². The molecule has 2 N–H and O–H groups in total. The lowest BCUT2D eigenvalue weighted by atomic mass is 9.99. The van der Waals surface area contributed by atoms with Gasteiger partial charge in [0, 0.05) is 31.5 Å². The Morgan fingerprint density at radius 1 is 1.15 bits per heavy atom. The highest BCUT2D eigenvalue weighted by Gasteiger charge is 2.12. The molecule has 0 bridgehead atoms. The molecule has 3 heteroatoms. The summed E-state index contributed by atoms with van der Waals surface area (Å²) < 4.78 is 0. The third-order valence-electron chi connectivity index (χ3n) is 3.54. The first-order chi connectivity index (χ1) is 9.56. The fraction of sp³-hybridized carbons (Fsp3) is 0.353. The van der Waals surface area contributed by atoms with E-state index in [1.165, 1.54) is 22.3 Å². The fourth-order valence-corrected chi connectivity index (χ4v) is 2.46. The molecule has 0 saturated carbocycles. The average molecular weight is 269 g/mol. The van der Waals surface area contributed by atoms with E-state index in [9.17, 15) is 0 Å². The van der Waals surface area contributed by atoms with Gasteiger partial charge in [-0.3, -0.25) is 4.98 Å². The number of rotatable bonds is 5. The third kappa shape index (κ3) is 3.89. The molecular formula is C17H23N3. The van der Waals surface area contributed by atoms with Crippen LogP contribution in [0.4, 0.5) is 0 Å². The van der Waals surface area contributed by atoms with E-state index in [1.54, 1.807) is 0 Å². The number of nitrogens with zero attached hydrogens (tertiary/aromatic N) is 2. The maximum Gasteiger partial charge on any atom is 0.0427 e. The van der Waals surface area contributed by atoms with Gasteiger partial charge in [-0.1, -0.05) is 23.8 Å². The van der Waals surface area contributed by atoms with E-state index in [0.29, 0.717) is 0 Å². The number of benzene rings is 1. The van der Waals surface area contributed by atoms with Gasteiger partial charge in [0.25, 0.3) is 0 Å². The Hall–Kier alpha value is -1.71. The molecule has 0 aliphatic heterocycles. The van der Waals surface area contributed by atoms with Crippen molar-refractivity contribution >= 4 is 0 Å². The van der Waals surface area contributed by atoms with Crippen molar-refractivity contribution < 1.29 is 0 Å². The van der Waals surface area contributed by atoms with Gasteiger partial charge in [0.05, 0.1) is 0 Å². The van der Waals surface area contributed by atoms with Crippen LogP contribution in [0, 0.1) is 13.8 Å². The van der Waals surface area contributed by atoms with Gasteiger partial charge in [-0.2, -0.15) is 0 Å². The van der Waals surface area contributed by atoms with Gasteiger partial charge in [0.2, 0.25) is 0 Å². The van der Waals surface area contributed by atoms with Crippen LogP contribution < -0.4 is 5.73 Å². The molecule has 3 nitrogen and oxygen atoms in total. The Morgan fingerprint density at radius 3 is 2.55 bits per heavy atom. The Morgan fingerprint density at radius 2 is 1.85 bits per heavy atom. The quantitative estimate of drug-likeness (QED) is 0.907. The SMILES string of the molecule is Cc1ccc(C)c(C(N)CN(C)Cc2ccncc2)c1. The van der Waals surface area contributed by atoms with Crippen LogP contribution in [-0.4, -0.2) is 23.5 Å². The molecule has 0 aliphatic carbocycles. The van der Waals surface area contributed by atoms with Gasteiger partial charge in [0.15, 0.2) is 0 Å². The highest BCUT2D eigenvalue weighted by molar-refractivity contribution is 5.33. The summed E-state index contributed by atoms with van der Waals surface area (Å²) in [4.78, 5) is 6.29. The minimum absolute atomic E-state index is 0.0433. The molecule has 106 valence electrons. The first kappa shape index (κ1) is 14.7. The van der Waals surface area contributed by atoms with Gasteiger partial charge in [0.1, 0.15) is 0 Å². The van der Waals surface area contributed by atoms with Crippen LogP contribution in [0.2, 0.25) is 0 Å². The first-order valence-electron chi connectivity index (χ1n) is 6.96. The standard InChI is InChI=1S/C17H23N3/c1-13-4-5-14(2)16(10-13)17(18)12-20(3)11-15-6-8-19-9-7-15/h4-10,17H,11-12,18H2,1-3H3. The molecule has 1 unspecified atom stereocenters. The number of likely N-dealkylation sites (N-methyl/N-ethyl adjacent to an activating group) is 1. The average Bonchev–Trinajstić information content (AvgIpc) is 2.42. The lowest BCUT2D eigenvalue weighted by Gasteiger charge is -2.23. The van der Waals surface area contributed by atoms with Gasteiger partial charge in [-0.05, 0) is 49.7 Å². The maximum absolute atomic E-state index is 6.37. The Kier molecular flexibility index (Phi) is 4.88. The Balaban J connectivity index is 2.00. The third-order valence-corrected chi connectivity index (χ3v) is 3.54. The summed E-state index contributed by atoms with van der Waals surface area (Å²) in [5.74, 6) is 0. The lowest BCUT2D eigenvalue weighted by Crippen LogP contribution is -2.29. The number of hydrogen-bond donors (Lipinski definition) is 1. The largest absolute Gasteiger partial charge is 0.323 e. The van der Waals surface area contributed by atoms with Crippen LogP contribution in [0.5, 0.6) is 0 Å². The van der Waals surface area contributed by atoms with Gasteiger partial charge >= 0.3 is 0 Å². The topological polar surface area (TPSA) is 42.1 Å². The van der Waals surface area contributed by atoms with Crippen LogP contribution in [-0.2, 0) is 6.54 Å². The highest BCUT2D eigenvalue weighted by atomic mass is 15.1. The summed E-state index contributed by atoms with van der Waals surface area (Å²) in [5, 5.41) is 0. The van der Waals surface area contributed by atoms with E-state index in [1.807, 2.05) is 24.5 Å². The fourth-order valence-electron chi connectivity index (χ4n) is 2.46. The molecule has 1 atom stereocenters. The van der Waals surface area contributed by atoms with Crippen LogP contribution in [0.3, 0.4) is 0 Å². The predicted molar refractivity (Wildman–Crippen MR) is 83.4 cm³/mol. The molecule has 2 aromatic rings. The van der Waals surface area contributed by atoms with E-state index in [2.05, 4.69) is 49.0 Å². The molecule has 0 amide bonds. The summed E-state index contributed by atoms with van der Waals surface area (Å²) in [7, 11) is 2.10. The Labute approximate surface area is 121 Å². The number of hydrogen-bond acceptors (Lipinski definition) is 3. The zero-order valence-electron chi connectivity index (χ0n) is 12.5. The minimum Gasteiger partial charge on any atom is -0.323 e. The Bertz CT molecular complexity index is 551. The van der Waals surface area contributed by atoms with Crippen LogP contribution in [0.25, 0.3) is 0 Å². The van der Waals surface area contributed by atoms with Crippen molar-refractivity contribution in [3.05, 3.63) is 65.0 Å². The molecule has 0 radical (unpaired) electrons. The smallest absolute Gasteiger partial charge is 0.0427 e. The normalized spacial score (nSPS) is 12.7. The van der Waals surface area contributed by atoms with E-state index in [4.69, 9.17) is 5.73 Å². The number of aromatic nitrogens is 1. The summed E-state index contributed by atoms with van der Waals surface area (Å²) in [6.07, 6.45) is 3.65. The summed E-state index contributed by atoms with van der Waals surface area (Å²) in [6.45, 7) is 5.96. The zero-order chi connectivity index (χ0) is 14.5. The zero-order valence-corrected chi connectivity index (χ0v) is 12.5. The van der Waals surface area contributed by atoms with Gasteiger partial charge in [-0.15, -0.1) is 0 Å². The second-order valence-corrected chi connectivity index (χ2v) is 5.52. The molecule has 0 fully saturated rings.